The molecule has 19 heavy (non-hydrogen) atoms. The van der Waals surface area contributed by atoms with Crippen LogP contribution < -0.4 is 16.2 Å². The molecule has 0 spiro atoms. The number of carbonyl (C=O) groups is 1. The van der Waals surface area contributed by atoms with Crippen LogP contribution in [0.2, 0.25) is 5.02 Å². The number of hydrogen-bond acceptors (Lipinski definition) is 4. The van der Waals surface area contributed by atoms with E-state index in [0.29, 0.717) is 13.0 Å². The summed E-state index contributed by atoms with van der Waals surface area (Å²) in [4.78, 5) is 23.7. The lowest BCUT2D eigenvalue weighted by Gasteiger charge is -2.23. The van der Waals surface area contributed by atoms with Crippen molar-refractivity contribution in [3.8, 4) is 12.3 Å². The van der Waals surface area contributed by atoms with Crippen LogP contribution in [0.5, 0.6) is 0 Å². The van der Waals surface area contributed by atoms with Crippen LogP contribution in [-0.2, 0) is 11.3 Å². The molecule has 6 nitrogen and oxygen atoms in total. The third kappa shape index (κ3) is 2.88. The molecule has 1 atom stereocenters. The van der Waals surface area contributed by atoms with E-state index in [1.807, 2.05) is 0 Å². The highest BCUT2D eigenvalue weighted by atomic mass is 35.5. The van der Waals surface area contributed by atoms with Gasteiger partial charge in [-0.2, -0.15) is 5.10 Å². The molecule has 0 aliphatic carbocycles. The second-order valence-corrected chi connectivity index (χ2v) is 4.57. The van der Waals surface area contributed by atoms with Gasteiger partial charge >= 0.3 is 0 Å². The van der Waals surface area contributed by atoms with Crippen molar-refractivity contribution in [1.82, 2.24) is 15.1 Å². The number of rotatable bonds is 3. The molecule has 0 aromatic carbocycles. The number of nitrogens with zero attached hydrogens (tertiary/aromatic N) is 2. The van der Waals surface area contributed by atoms with Crippen LogP contribution >= 0.6 is 11.6 Å². The maximum absolute atomic E-state index is 12.1. The predicted molar refractivity (Wildman–Crippen MR) is 72.0 cm³/mol. The number of aromatic nitrogens is 2. The first-order chi connectivity index (χ1) is 9.13. The summed E-state index contributed by atoms with van der Waals surface area (Å²) in [5, 5.41) is 9.62. The molecule has 1 unspecified atom stereocenters. The van der Waals surface area contributed by atoms with E-state index in [2.05, 4.69) is 21.7 Å². The van der Waals surface area contributed by atoms with Crippen LogP contribution in [0.4, 0.5) is 5.69 Å². The highest BCUT2D eigenvalue weighted by Crippen LogP contribution is 2.18. The predicted octanol–water partition coefficient (Wildman–Crippen LogP) is 0.220. The fourth-order valence-electron chi connectivity index (χ4n) is 1.88. The molecule has 1 aliphatic rings. The minimum Gasteiger partial charge on any atom is -0.368 e. The SMILES string of the molecule is C#CCn1ncc(Cl)c(NC2CCCNC2=O)c1=O. The molecule has 2 N–H and O–H groups in total. The van der Waals surface area contributed by atoms with Gasteiger partial charge in [-0.3, -0.25) is 9.59 Å². The van der Waals surface area contributed by atoms with Gasteiger partial charge in [0.15, 0.2) is 0 Å². The van der Waals surface area contributed by atoms with E-state index in [4.69, 9.17) is 18.0 Å². The summed E-state index contributed by atoms with van der Waals surface area (Å²) in [5.41, 5.74) is -0.266. The molecular formula is C12H13ClN4O2. The molecule has 1 aromatic heterocycles. The second-order valence-electron chi connectivity index (χ2n) is 4.16. The Hall–Kier alpha value is -2.00. The fourth-order valence-corrected chi connectivity index (χ4v) is 2.06. The Bertz CT molecular complexity index is 590. The van der Waals surface area contributed by atoms with Gasteiger partial charge in [-0.05, 0) is 12.8 Å². The Morgan fingerprint density at radius 3 is 3.11 bits per heavy atom. The molecule has 0 saturated carbocycles. The summed E-state index contributed by atoms with van der Waals surface area (Å²) in [7, 11) is 0. The van der Waals surface area contributed by atoms with Gasteiger partial charge in [0.2, 0.25) is 5.91 Å². The second kappa shape index (κ2) is 5.76. The smallest absolute Gasteiger partial charge is 0.292 e. The molecule has 2 heterocycles. The molecule has 1 aliphatic heterocycles. The van der Waals surface area contributed by atoms with Crippen molar-refractivity contribution in [1.29, 1.82) is 0 Å². The summed E-state index contributed by atoms with van der Waals surface area (Å²) in [5.74, 6) is 2.20. The zero-order valence-corrected chi connectivity index (χ0v) is 10.9. The maximum Gasteiger partial charge on any atom is 0.292 e. The van der Waals surface area contributed by atoms with Crippen LogP contribution in [0, 0.1) is 12.3 Å². The molecule has 1 fully saturated rings. The summed E-state index contributed by atoms with van der Waals surface area (Å²) in [6.45, 7) is 0.712. The van der Waals surface area contributed by atoms with Crippen LogP contribution in [0.3, 0.4) is 0 Å². The van der Waals surface area contributed by atoms with E-state index in [9.17, 15) is 9.59 Å². The Balaban J connectivity index is 2.29. The van der Waals surface area contributed by atoms with Gasteiger partial charge in [0.1, 0.15) is 18.3 Å². The lowest BCUT2D eigenvalue weighted by atomic mass is 10.1. The highest BCUT2D eigenvalue weighted by Gasteiger charge is 2.24. The quantitative estimate of drug-likeness (QED) is 0.777. The van der Waals surface area contributed by atoms with E-state index in [1.165, 1.54) is 6.20 Å². The molecule has 1 saturated heterocycles. The van der Waals surface area contributed by atoms with Gasteiger partial charge in [0, 0.05) is 6.54 Å². The largest absolute Gasteiger partial charge is 0.368 e. The molecule has 1 amide bonds. The Kier molecular flexibility index (Phi) is 4.07. The van der Waals surface area contributed by atoms with E-state index in [-0.39, 0.29) is 23.2 Å². The zero-order chi connectivity index (χ0) is 13.8. The van der Waals surface area contributed by atoms with E-state index >= 15 is 0 Å². The van der Waals surface area contributed by atoms with Gasteiger partial charge in [-0.15, -0.1) is 6.42 Å². The third-order valence-corrected chi connectivity index (χ3v) is 3.13. The summed E-state index contributed by atoms with van der Waals surface area (Å²) in [6, 6.07) is -0.458. The van der Waals surface area contributed by atoms with Crippen molar-refractivity contribution in [2.75, 3.05) is 11.9 Å². The molecule has 0 radical (unpaired) electrons. The number of nitrogens with one attached hydrogen (secondary N) is 2. The van der Waals surface area contributed by atoms with Gasteiger partial charge in [-0.25, -0.2) is 4.68 Å². The van der Waals surface area contributed by atoms with E-state index < -0.39 is 11.6 Å². The summed E-state index contributed by atoms with van der Waals surface area (Å²) >= 11 is 5.95. The molecule has 2 rings (SSSR count). The lowest BCUT2D eigenvalue weighted by molar-refractivity contribution is -0.123. The van der Waals surface area contributed by atoms with Gasteiger partial charge < -0.3 is 10.6 Å². The van der Waals surface area contributed by atoms with Gasteiger partial charge in [0.25, 0.3) is 5.56 Å². The topological polar surface area (TPSA) is 76.0 Å². The average Bonchev–Trinajstić information content (AvgIpc) is 2.40. The minimum atomic E-state index is -0.458. The zero-order valence-electron chi connectivity index (χ0n) is 10.1. The Morgan fingerprint density at radius 2 is 2.42 bits per heavy atom. The number of halogens is 1. The first kappa shape index (κ1) is 13.4. The first-order valence-corrected chi connectivity index (χ1v) is 6.24. The number of carbonyl (C=O) groups excluding carboxylic acids is 1. The maximum atomic E-state index is 12.1. The van der Waals surface area contributed by atoms with Crippen molar-refractivity contribution in [2.45, 2.75) is 25.4 Å². The Morgan fingerprint density at radius 1 is 1.63 bits per heavy atom. The summed E-state index contributed by atoms with van der Waals surface area (Å²) < 4.78 is 1.12. The molecule has 0 bridgehead atoms. The highest BCUT2D eigenvalue weighted by molar-refractivity contribution is 6.33. The third-order valence-electron chi connectivity index (χ3n) is 2.84. The number of hydrogen-bond donors (Lipinski definition) is 2. The lowest BCUT2D eigenvalue weighted by Crippen LogP contribution is -2.45. The van der Waals surface area contributed by atoms with Crippen molar-refractivity contribution >= 4 is 23.2 Å². The standard InChI is InChI=1S/C12H13ClN4O2/c1-2-6-17-12(19)10(8(13)7-15-17)16-9-4-3-5-14-11(9)18/h1,7,9,16H,3-6H2,(H,14,18). The minimum absolute atomic E-state index is 0.0571. The van der Waals surface area contributed by atoms with Gasteiger partial charge in [0.05, 0.1) is 11.2 Å². The summed E-state index contributed by atoms with van der Waals surface area (Å²) in [6.07, 6.45) is 8.00. The monoisotopic (exact) mass is 280 g/mol. The first-order valence-electron chi connectivity index (χ1n) is 5.87. The molecule has 100 valence electrons. The number of amides is 1. The number of terminal acetylenes is 1. The van der Waals surface area contributed by atoms with Crippen LogP contribution in [0.1, 0.15) is 12.8 Å². The van der Waals surface area contributed by atoms with Crippen LogP contribution in [0.15, 0.2) is 11.0 Å². The van der Waals surface area contributed by atoms with Crippen molar-refractivity contribution < 1.29 is 4.79 Å². The number of anilines is 1. The van der Waals surface area contributed by atoms with Crippen molar-refractivity contribution in [3.05, 3.63) is 21.6 Å². The normalized spacial score (nSPS) is 18.5. The van der Waals surface area contributed by atoms with Crippen molar-refractivity contribution in [2.24, 2.45) is 0 Å². The van der Waals surface area contributed by atoms with E-state index in [0.717, 1.165) is 11.1 Å². The van der Waals surface area contributed by atoms with Crippen LogP contribution in [-0.4, -0.2) is 28.3 Å². The van der Waals surface area contributed by atoms with Crippen molar-refractivity contribution in [3.63, 3.8) is 0 Å². The van der Waals surface area contributed by atoms with Crippen LogP contribution in [0.25, 0.3) is 0 Å². The van der Waals surface area contributed by atoms with E-state index in [1.54, 1.807) is 0 Å². The Labute approximate surface area is 115 Å². The molecular weight excluding hydrogens is 268 g/mol. The molecule has 7 heteroatoms. The fraction of sp³-hybridized carbons (Fsp3) is 0.417. The number of piperidine rings is 1. The average molecular weight is 281 g/mol. The van der Waals surface area contributed by atoms with Gasteiger partial charge in [-0.1, -0.05) is 17.5 Å². The molecule has 1 aromatic rings.